The predicted molar refractivity (Wildman–Crippen MR) is 154 cm³/mol. The fraction of sp³-hybridized carbons (Fsp3) is 1.00. The van der Waals surface area contributed by atoms with E-state index in [0.29, 0.717) is 12.1 Å². The molecule has 0 saturated carbocycles. The molecule has 0 aromatic heterocycles. The summed E-state index contributed by atoms with van der Waals surface area (Å²) in [5.41, 5.74) is 0. The van der Waals surface area contributed by atoms with Crippen molar-refractivity contribution < 1.29 is 32.9 Å². The molecule has 2 fully saturated rings. The summed E-state index contributed by atoms with van der Waals surface area (Å²) in [4.78, 5) is 10.1. The van der Waals surface area contributed by atoms with Crippen LogP contribution in [0.15, 0.2) is 0 Å². The lowest BCUT2D eigenvalue weighted by Crippen LogP contribution is -2.74. The third kappa shape index (κ3) is 12.7. The Morgan fingerprint density at radius 3 is 1.18 bits per heavy atom. The van der Waals surface area contributed by atoms with Crippen molar-refractivity contribution in [2.75, 3.05) is 7.05 Å². The van der Waals surface area contributed by atoms with E-state index in [1.54, 1.807) is 0 Å². The number of hydrogen-bond acceptors (Lipinski definition) is 11. The fourth-order valence-electron chi connectivity index (χ4n) is 3.96. The van der Waals surface area contributed by atoms with Crippen molar-refractivity contribution in [2.24, 2.45) is 0 Å². The van der Waals surface area contributed by atoms with Crippen molar-refractivity contribution in [3.8, 4) is 0 Å². The van der Waals surface area contributed by atoms with E-state index in [-0.39, 0.29) is 0 Å². The summed E-state index contributed by atoms with van der Waals surface area (Å²) in [6.07, 6.45) is 0. The minimum atomic E-state index is -2.32. The van der Waals surface area contributed by atoms with E-state index in [9.17, 15) is 0 Å². The normalized spacial score (nSPS) is 42.3. The van der Waals surface area contributed by atoms with Crippen molar-refractivity contribution in [2.45, 2.75) is 92.2 Å². The molecule has 0 radical (unpaired) electrons. The molecule has 11 nitrogen and oxygen atoms in total. The second-order valence-corrected chi connectivity index (χ2v) is 29.8. The summed E-state index contributed by atoms with van der Waals surface area (Å²) in [6.45, 7) is 24.8. The summed E-state index contributed by atoms with van der Waals surface area (Å²) in [5, 5.41) is 0. The summed E-state index contributed by atoms with van der Waals surface area (Å²) in [7, 11) is -13.1. The quantitative estimate of drug-likeness (QED) is 0.368. The zero-order chi connectivity index (χ0) is 26.3. The molecule has 2 heterocycles. The smallest absolute Gasteiger partial charge is 0.404 e. The summed E-state index contributed by atoms with van der Waals surface area (Å²) < 4.78 is 47.6. The Kier molecular flexibility index (Phi) is 14.2. The Bertz CT molecular complexity index is 570. The highest BCUT2D eigenvalue weighted by Crippen LogP contribution is 2.22. The third-order valence-corrected chi connectivity index (χ3v) is 32.6. The van der Waals surface area contributed by atoms with Gasteiger partial charge in [0.15, 0.2) is 0 Å². The van der Waals surface area contributed by atoms with Crippen molar-refractivity contribution in [3.05, 3.63) is 0 Å². The maximum Gasteiger partial charge on any atom is 0.404 e. The molecule has 34 heavy (non-hydrogen) atoms. The molecule has 3 N–H and O–H groups in total. The van der Waals surface area contributed by atoms with Gasteiger partial charge in [-0.3, -0.25) is 14.9 Å². The third-order valence-electron chi connectivity index (χ3n) is 4.66. The van der Waals surface area contributed by atoms with Crippen molar-refractivity contribution in [1.82, 2.24) is 14.9 Å². The summed E-state index contributed by atoms with van der Waals surface area (Å²) in [6, 6.07) is 0.728. The molecule has 204 valence electrons. The zero-order valence-electron chi connectivity index (χ0n) is 23.3. The van der Waals surface area contributed by atoms with Gasteiger partial charge in [-0.25, -0.2) is 0 Å². The maximum atomic E-state index is 6.20. The van der Waals surface area contributed by atoms with Crippen LogP contribution in [0.2, 0.25) is 52.4 Å². The zero-order valence-corrected chi connectivity index (χ0v) is 32.1. The molecule has 2 saturated heterocycles. The molecular formula is C15H49N3O8Si8. The van der Waals surface area contributed by atoms with Crippen LogP contribution in [0.25, 0.3) is 0 Å². The van der Waals surface area contributed by atoms with Gasteiger partial charge in [0.05, 0.1) is 0 Å². The Hall–Kier alpha value is 1.30. The molecule has 19 heteroatoms. The maximum absolute atomic E-state index is 6.20. The first-order valence-corrected chi connectivity index (χ1v) is 29.5. The van der Waals surface area contributed by atoms with Crippen LogP contribution in [0, 0.1) is 0 Å². The molecular weight excluding hydrogens is 575 g/mol. The fourth-order valence-corrected chi connectivity index (χ4v) is 33.3. The molecule has 6 unspecified atom stereocenters. The van der Waals surface area contributed by atoms with Gasteiger partial charge in [0.25, 0.3) is 18.6 Å². The van der Waals surface area contributed by atoms with E-state index in [1.165, 1.54) is 0 Å². The molecule has 0 aromatic rings. The first kappa shape index (κ1) is 33.3. The van der Waals surface area contributed by atoms with E-state index in [1.807, 2.05) is 39.8 Å². The van der Waals surface area contributed by atoms with Crippen molar-refractivity contribution in [3.63, 3.8) is 0 Å². The topological polar surface area (TPSA) is 110 Å². The van der Waals surface area contributed by atoms with Crippen molar-refractivity contribution >= 4 is 72.6 Å². The van der Waals surface area contributed by atoms with Gasteiger partial charge in [0.1, 0.15) is 0 Å². The van der Waals surface area contributed by atoms with E-state index in [0.717, 1.165) is 0 Å². The van der Waals surface area contributed by atoms with Crippen LogP contribution >= 0.6 is 0 Å². The van der Waals surface area contributed by atoms with Crippen LogP contribution in [0.4, 0.5) is 0 Å². The molecule has 0 bridgehead atoms. The van der Waals surface area contributed by atoms with Gasteiger partial charge < -0.3 is 32.9 Å². The largest absolute Gasteiger partial charge is 0.420 e. The first-order chi connectivity index (χ1) is 15.5. The SMILES string of the molecule is CC(C)N[Si]1(C)O[SiH](C)O[Si](C)(NC(C)C)O1.CN[Si]1(C)O[SiH](C)O[SiH](C)O[SiH](C)O[SiH](C)O1. The van der Waals surface area contributed by atoms with E-state index < -0.39 is 72.6 Å². The van der Waals surface area contributed by atoms with Crippen molar-refractivity contribution in [1.29, 1.82) is 0 Å². The number of rotatable bonds is 5. The Labute approximate surface area is 219 Å². The van der Waals surface area contributed by atoms with Crippen LogP contribution in [-0.4, -0.2) is 91.7 Å². The highest BCUT2D eigenvalue weighted by atomic mass is 28.5. The lowest BCUT2D eigenvalue weighted by Gasteiger charge is -2.45. The highest BCUT2D eigenvalue weighted by Gasteiger charge is 2.51. The average Bonchev–Trinajstić information content (AvgIpc) is 2.56. The lowest BCUT2D eigenvalue weighted by molar-refractivity contribution is 0.219. The van der Waals surface area contributed by atoms with E-state index in [4.69, 9.17) is 32.9 Å². The molecule has 2 aliphatic heterocycles. The first-order valence-electron chi connectivity index (χ1n) is 12.1. The lowest BCUT2D eigenvalue weighted by atomic mass is 10.4. The Morgan fingerprint density at radius 1 is 0.529 bits per heavy atom. The minimum Gasteiger partial charge on any atom is -0.420 e. The standard InChI is InChI=1S/C9H26N2O3Si3.C6H23NO5Si5/c1-8(2)10-16(6)12-15(5)13-17(7,14-16)11-9(3)4;1-7-17(6)11-15(4)9-13(2)8-14(3)10-16(5)12-17/h8-11,15H,1-7H3;7,13-16H,1-6H3. The van der Waals surface area contributed by atoms with Gasteiger partial charge in [-0.1, -0.05) is 27.7 Å². The molecule has 0 amide bonds. The van der Waals surface area contributed by atoms with Crippen LogP contribution < -0.4 is 14.9 Å². The van der Waals surface area contributed by atoms with Gasteiger partial charge in [-0.2, -0.15) is 0 Å². The number of hydrogen-bond donors (Lipinski definition) is 3. The number of nitrogens with one attached hydrogen (secondary N) is 3. The highest BCUT2D eigenvalue weighted by molar-refractivity contribution is 6.86. The molecule has 0 aromatic carbocycles. The van der Waals surface area contributed by atoms with E-state index >= 15 is 0 Å². The predicted octanol–water partition coefficient (Wildman–Crippen LogP) is 0.306. The van der Waals surface area contributed by atoms with E-state index in [2.05, 4.69) is 62.3 Å². The molecule has 2 aliphatic rings. The van der Waals surface area contributed by atoms with Crippen LogP contribution in [0.1, 0.15) is 27.7 Å². The summed E-state index contributed by atoms with van der Waals surface area (Å²) >= 11 is 0. The molecule has 2 rings (SSSR count). The van der Waals surface area contributed by atoms with Crippen LogP contribution in [0.3, 0.4) is 0 Å². The molecule has 6 atom stereocenters. The Morgan fingerprint density at radius 2 is 0.853 bits per heavy atom. The average molecular weight is 624 g/mol. The van der Waals surface area contributed by atoms with Gasteiger partial charge >= 0.3 is 54.0 Å². The second kappa shape index (κ2) is 14.4. The van der Waals surface area contributed by atoms with Gasteiger partial charge in [-0.15, -0.1) is 0 Å². The van der Waals surface area contributed by atoms with Gasteiger partial charge in [0, 0.05) is 0 Å². The monoisotopic (exact) mass is 623 g/mol. The summed E-state index contributed by atoms with van der Waals surface area (Å²) in [5.74, 6) is 0. The van der Waals surface area contributed by atoms with Crippen LogP contribution in [-0.2, 0) is 32.9 Å². The molecule has 0 spiro atoms. The second-order valence-electron chi connectivity index (χ2n) is 9.51. The Balaban J connectivity index is 0.000000340. The van der Waals surface area contributed by atoms with Gasteiger partial charge in [0.2, 0.25) is 0 Å². The molecule has 0 aliphatic carbocycles. The minimum absolute atomic E-state index is 0.364. The van der Waals surface area contributed by atoms with Gasteiger partial charge in [-0.05, 0) is 71.5 Å². The van der Waals surface area contributed by atoms with Crippen LogP contribution in [0.5, 0.6) is 0 Å².